The highest BCUT2D eigenvalue weighted by Crippen LogP contribution is 2.25. The van der Waals surface area contributed by atoms with Gasteiger partial charge in [0.05, 0.1) is 17.6 Å². The minimum atomic E-state index is -5.08. The second kappa shape index (κ2) is 12.3. The number of carbonyl (C=O) groups is 2. The summed E-state index contributed by atoms with van der Waals surface area (Å²) in [5.41, 5.74) is 3.34. The van der Waals surface area contributed by atoms with Gasteiger partial charge in [0.15, 0.2) is 0 Å². The molecule has 16 heteroatoms. The summed E-state index contributed by atoms with van der Waals surface area (Å²) in [6, 6.07) is 4.40. The molecule has 3 N–H and O–H groups in total. The number of sulfonamides is 1. The second-order valence-electron chi connectivity index (χ2n) is 8.04. The third-order valence-corrected chi connectivity index (χ3v) is 8.07. The van der Waals surface area contributed by atoms with E-state index in [1.54, 1.807) is 23.4 Å². The summed E-state index contributed by atoms with van der Waals surface area (Å²) in [5.74, 6) is -3.65. The first-order valence-electron chi connectivity index (χ1n) is 10.8. The number of thiophene rings is 1. The van der Waals surface area contributed by atoms with E-state index in [1.165, 1.54) is 23.9 Å². The van der Waals surface area contributed by atoms with Gasteiger partial charge in [-0.1, -0.05) is 6.07 Å². The summed E-state index contributed by atoms with van der Waals surface area (Å²) in [6.45, 7) is 4.59. The molecule has 0 unspecified atom stereocenters. The van der Waals surface area contributed by atoms with Crippen molar-refractivity contribution in [2.24, 2.45) is 7.05 Å². The van der Waals surface area contributed by atoms with Crippen LogP contribution in [0.25, 0.3) is 0 Å². The van der Waals surface area contributed by atoms with Crippen LogP contribution in [0.2, 0.25) is 0 Å². The molecule has 3 aromatic heterocycles. The molecule has 208 valence electrons. The van der Waals surface area contributed by atoms with E-state index in [0.717, 1.165) is 35.6 Å². The zero-order valence-electron chi connectivity index (χ0n) is 20.8. The van der Waals surface area contributed by atoms with E-state index in [-0.39, 0.29) is 21.3 Å². The standard InChI is InChI=1S/C20H25N5O4S2.C2HF3O2/c1-13-16(14(2)25(4)22-13)7-5-9-24(3)19-17(20(26)27)11-15(12-21-19)23-31(28,29)18-8-6-10-30-18;3-2(4,5)1(6)7/h6,8,10-12,23H,5,7,9H2,1-4H3,(H,26,27);(H,6,7). The molecule has 0 radical (unpaired) electrons. The number of aryl methyl sites for hydroxylation is 2. The molecule has 0 aliphatic rings. The molecule has 0 saturated heterocycles. The normalized spacial score (nSPS) is 11.4. The average Bonchev–Trinajstić information content (AvgIpc) is 3.44. The number of anilines is 2. The molecule has 0 saturated carbocycles. The van der Waals surface area contributed by atoms with E-state index in [4.69, 9.17) is 9.90 Å². The Morgan fingerprint density at radius 3 is 2.34 bits per heavy atom. The molecule has 3 heterocycles. The fraction of sp³-hybridized carbons (Fsp3) is 0.364. The fourth-order valence-electron chi connectivity index (χ4n) is 3.37. The highest BCUT2D eigenvalue weighted by molar-refractivity contribution is 7.94. The molecule has 0 atom stereocenters. The van der Waals surface area contributed by atoms with Crippen LogP contribution in [0, 0.1) is 13.8 Å². The summed E-state index contributed by atoms with van der Waals surface area (Å²) in [7, 11) is -0.0995. The molecule has 0 bridgehead atoms. The number of nitrogens with zero attached hydrogens (tertiary/aromatic N) is 4. The number of halogens is 3. The Bertz CT molecular complexity index is 1390. The van der Waals surface area contributed by atoms with Crippen molar-refractivity contribution in [3.8, 4) is 0 Å². The maximum Gasteiger partial charge on any atom is 0.490 e. The summed E-state index contributed by atoms with van der Waals surface area (Å²) in [4.78, 5) is 26.7. The Morgan fingerprint density at radius 1 is 1.24 bits per heavy atom. The monoisotopic (exact) mass is 577 g/mol. The zero-order chi connectivity index (χ0) is 28.8. The van der Waals surface area contributed by atoms with Gasteiger partial charge in [0.2, 0.25) is 0 Å². The number of carboxylic acid groups (broad SMARTS) is 2. The fourth-order valence-corrected chi connectivity index (χ4v) is 5.40. The van der Waals surface area contributed by atoms with Gasteiger partial charge in [0.25, 0.3) is 10.0 Å². The van der Waals surface area contributed by atoms with Crippen molar-refractivity contribution in [1.82, 2.24) is 14.8 Å². The molecule has 0 aromatic carbocycles. The number of rotatable bonds is 9. The Kier molecular flexibility index (Phi) is 9.86. The molecule has 0 fully saturated rings. The quantitative estimate of drug-likeness (QED) is 0.345. The van der Waals surface area contributed by atoms with Crippen LogP contribution in [-0.2, 0) is 28.3 Å². The number of nitrogens with one attached hydrogen (secondary N) is 1. The van der Waals surface area contributed by atoms with E-state index in [2.05, 4.69) is 14.8 Å². The summed E-state index contributed by atoms with van der Waals surface area (Å²) < 4.78 is 60.9. The van der Waals surface area contributed by atoms with Crippen molar-refractivity contribution in [3.05, 3.63) is 52.3 Å². The van der Waals surface area contributed by atoms with Crippen molar-refractivity contribution >= 4 is 44.8 Å². The number of aliphatic carboxylic acids is 1. The van der Waals surface area contributed by atoms with Gasteiger partial charge in [0, 0.05) is 26.3 Å². The number of carboxylic acids is 2. The molecular formula is C22H26F3N5O6S2. The molecule has 3 aromatic rings. The van der Waals surface area contributed by atoms with Gasteiger partial charge in [-0.15, -0.1) is 11.3 Å². The predicted molar refractivity (Wildman–Crippen MR) is 134 cm³/mol. The van der Waals surface area contributed by atoms with Crippen LogP contribution < -0.4 is 9.62 Å². The SMILES string of the molecule is Cc1nn(C)c(C)c1CCCN(C)c1ncc(NS(=O)(=O)c2cccs2)cc1C(=O)O.O=C(O)C(F)(F)F. The third kappa shape index (κ3) is 7.92. The van der Waals surface area contributed by atoms with E-state index < -0.39 is 28.1 Å². The predicted octanol–water partition coefficient (Wildman–Crippen LogP) is 3.69. The topological polar surface area (TPSA) is 155 Å². The lowest BCUT2D eigenvalue weighted by Gasteiger charge is -2.20. The third-order valence-electron chi connectivity index (χ3n) is 5.29. The van der Waals surface area contributed by atoms with Crippen LogP contribution in [0.5, 0.6) is 0 Å². The van der Waals surface area contributed by atoms with Crippen LogP contribution in [-0.4, -0.2) is 65.1 Å². The van der Waals surface area contributed by atoms with Gasteiger partial charge in [-0.05, 0) is 49.8 Å². The lowest BCUT2D eigenvalue weighted by atomic mass is 10.1. The van der Waals surface area contributed by atoms with Crippen LogP contribution >= 0.6 is 11.3 Å². The molecule has 0 amide bonds. The van der Waals surface area contributed by atoms with Crippen LogP contribution in [0.4, 0.5) is 24.7 Å². The Labute approximate surface area is 220 Å². The summed E-state index contributed by atoms with van der Waals surface area (Å²) in [6.07, 6.45) is -2.15. The number of aromatic carboxylic acids is 1. The second-order valence-corrected chi connectivity index (χ2v) is 10.9. The Balaban J connectivity index is 0.000000638. The molecule has 3 rings (SSSR count). The van der Waals surface area contributed by atoms with Gasteiger partial charge < -0.3 is 15.1 Å². The van der Waals surface area contributed by atoms with E-state index in [0.29, 0.717) is 6.54 Å². The number of hydrogen-bond donors (Lipinski definition) is 3. The van der Waals surface area contributed by atoms with Crippen LogP contribution in [0.3, 0.4) is 0 Å². The Morgan fingerprint density at radius 2 is 1.87 bits per heavy atom. The first-order valence-corrected chi connectivity index (χ1v) is 13.2. The molecule has 0 aliphatic heterocycles. The van der Waals surface area contributed by atoms with Crippen molar-refractivity contribution in [2.45, 2.75) is 37.1 Å². The smallest absolute Gasteiger partial charge is 0.478 e. The Hall–Kier alpha value is -3.66. The van der Waals surface area contributed by atoms with Crippen molar-refractivity contribution in [3.63, 3.8) is 0 Å². The van der Waals surface area contributed by atoms with Crippen molar-refractivity contribution in [2.75, 3.05) is 23.2 Å². The van der Waals surface area contributed by atoms with Gasteiger partial charge in [-0.25, -0.2) is 23.0 Å². The molecule has 0 spiro atoms. The lowest BCUT2D eigenvalue weighted by molar-refractivity contribution is -0.192. The van der Waals surface area contributed by atoms with Gasteiger partial charge in [-0.2, -0.15) is 18.3 Å². The minimum absolute atomic E-state index is 0.0670. The van der Waals surface area contributed by atoms with Gasteiger partial charge in [0.1, 0.15) is 15.6 Å². The largest absolute Gasteiger partial charge is 0.490 e. The maximum absolute atomic E-state index is 12.4. The zero-order valence-corrected chi connectivity index (χ0v) is 22.4. The van der Waals surface area contributed by atoms with Crippen LogP contribution in [0.15, 0.2) is 34.0 Å². The van der Waals surface area contributed by atoms with Gasteiger partial charge in [-0.3, -0.25) is 9.40 Å². The van der Waals surface area contributed by atoms with Crippen LogP contribution in [0.1, 0.15) is 33.7 Å². The van der Waals surface area contributed by atoms with E-state index in [1.807, 2.05) is 25.6 Å². The highest BCUT2D eigenvalue weighted by atomic mass is 32.2. The highest BCUT2D eigenvalue weighted by Gasteiger charge is 2.38. The minimum Gasteiger partial charge on any atom is -0.478 e. The average molecular weight is 578 g/mol. The summed E-state index contributed by atoms with van der Waals surface area (Å²) in [5, 5.41) is 22.8. The van der Waals surface area contributed by atoms with Crippen molar-refractivity contribution < 1.29 is 41.4 Å². The molecular weight excluding hydrogens is 551 g/mol. The molecule has 38 heavy (non-hydrogen) atoms. The number of hydrogen-bond acceptors (Lipinski definition) is 8. The number of alkyl halides is 3. The van der Waals surface area contributed by atoms with E-state index >= 15 is 0 Å². The number of aromatic nitrogens is 3. The number of pyridine rings is 1. The van der Waals surface area contributed by atoms with Gasteiger partial charge >= 0.3 is 18.1 Å². The van der Waals surface area contributed by atoms with Crippen molar-refractivity contribution in [1.29, 1.82) is 0 Å². The lowest BCUT2D eigenvalue weighted by Crippen LogP contribution is -2.23. The first kappa shape index (κ1) is 30.6. The summed E-state index contributed by atoms with van der Waals surface area (Å²) >= 11 is 1.08. The molecule has 11 nitrogen and oxygen atoms in total. The maximum atomic E-state index is 12.4. The first-order chi connectivity index (χ1) is 17.5. The van der Waals surface area contributed by atoms with E-state index in [9.17, 15) is 31.5 Å². The molecule has 0 aliphatic carbocycles.